The van der Waals surface area contributed by atoms with Crippen LogP contribution < -0.4 is 5.32 Å². The van der Waals surface area contributed by atoms with Crippen molar-refractivity contribution >= 4 is 12.0 Å². The molecule has 1 rings (SSSR count). The van der Waals surface area contributed by atoms with E-state index in [0.29, 0.717) is 13.0 Å². The van der Waals surface area contributed by atoms with Gasteiger partial charge < -0.3 is 20.1 Å². The van der Waals surface area contributed by atoms with Crippen LogP contribution in [0.1, 0.15) is 27.2 Å². The zero-order chi connectivity index (χ0) is 13.9. The van der Waals surface area contributed by atoms with Crippen LogP contribution in [0.25, 0.3) is 0 Å². The largest absolute Gasteiger partial charge is 0.444 e. The molecule has 1 aliphatic heterocycles. The Morgan fingerprint density at radius 1 is 1.61 bits per heavy atom. The highest BCUT2D eigenvalue weighted by Crippen LogP contribution is 2.16. The number of aliphatic hydroxyl groups excluding tert-OH is 1. The molecule has 0 aromatic rings. The van der Waals surface area contributed by atoms with Gasteiger partial charge in [-0.1, -0.05) is 0 Å². The molecule has 1 saturated heterocycles. The van der Waals surface area contributed by atoms with E-state index in [0.717, 1.165) is 0 Å². The third-order valence-corrected chi connectivity index (χ3v) is 2.72. The van der Waals surface area contributed by atoms with Gasteiger partial charge in [0.25, 0.3) is 0 Å². The van der Waals surface area contributed by atoms with Crippen molar-refractivity contribution in [2.45, 2.75) is 38.9 Å². The molecule has 1 fully saturated rings. The van der Waals surface area contributed by atoms with Gasteiger partial charge in [-0.3, -0.25) is 4.79 Å². The number of likely N-dealkylation sites (N-methyl/N-ethyl adjacent to an activating group) is 1. The lowest BCUT2D eigenvalue weighted by atomic mass is 10.0. The summed E-state index contributed by atoms with van der Waals surface area (Å²) in [5, 5.41) is 12.6. The fraction of sp³-hybridized carbons (Fsp3) is 0.833. The normalized spacial score (nSPS) is 21.4. The maximum Gasteiger partial charge on any atom is 0.410 e. The summed E-state index contributed by atoms with van der Waals surface area (Å²) >= 11 is 0. The molecular weight excluding hydrogens is 236 g/mol. The number of carbonyl (C=O) groups is 2. The first-order valence-corrected chi connectivity index (χ1v) is 6.10. The number of aliphatic hydroxyl groups is 1. The second-order valence-electron chi connectivity index (χ2n) is 5.61. The first-order chi connectivity index (χ1) is 8.20. The van der Waals surface area contributed by atoms with Gasteiger partial charge in [-0.25, -0.2) is 4.79 Å². The van der Waals surface area contributed by atoms with Crippen LogP contribution in [0, 0.1) is 5.92 Å². The topological polar surface area (TPSA) is 78.9 Å². The standard InChI is InChI=1S/C12H22N2O4/c1-12(2,3)18-11(17)14(4)7-9(15)8-5-6-13-10(8)16/h8-9,15H,5-7H2,1-4H3,(H,13,16). The van der Waals surface area contributed by atoms with E-state index in [4.69, 9.17) is 4.74 Å². The Bertz CT molecular complexity index is 325. The Labute approximate surface area is 107 Å². The zero-order valence-electron chi connectivity index (χ0n) is 11.4. The molecule has 0 aromatic heterocycles. The molecule has 0 aromatic carbocycles. The van der Waals surface area contributed by atoms with Crippen LogP contribution in [0.4, 0.5) is 4.79 Å². The van der Waals surface area contributed by atoms with Crippen molar-refractivity contribution in [2.24, 2.45) is 5.92 Å². The molecule has 2 atom stereocenters. The summed E-state index contributed by atoms with van der Waals surface area (Å²) in [4.78, 5) is 24.4. The van der Waals surface area contributed by atoms with Crippen LogP contribution in [-0.4, -0.2) is 53.8 Å². The highest BCUT2D eigenvalue weighted by Gasteiger charge is 2.32. The molecule has 0 radical (unpaired) electrons. The van der Waals surface area contributed by atoms with E-state index in [2.05, 4.69) is 5.32 Å². The summed E-state index contributed by atoms with van der Waals surface area (Å²) < 4.78 is 5.17. The van der Waals surface area contributed by atoms with Gasteiger partial charge in [0.2, 0.25) is 5.91 Å². The SMILES string of the molecule is CN(CC(O)C1CCNC1=O)C(=O)OC(C)(C)C. The third-order valence-electron chi connectivity index (χ3n) is 2.72. The summed E-state index contributed by atoms with van der Waals surface area (Å²) in [6.07, 6.45) is -0.757. The van der Waals surface area contributed by atoms with Crippen molar-refractivity contribution < 1.29 is 19.4 Å². The van der Waals surface area contributed by atoms with Crippen LogP contribution in [0.2, 0.25) is 0 Å². The molecule has 0 aliphatic carbocycles. The molecule has 1 heterocycles. The Balaban J connectivity index is 2.46. The smallest absolute Gasteiger partial charge is 0.410 e. The molecule has 0 bridgehead atoms. The Morgan fingerprint density at radius 3 is 2.67 bits per heavy atom. The van der Waals surface area contributed by atoms with Gasteiger partial charge in [-0.05, 0) is 27.2 Å². The quantitative estimate of drug-likeness (QED) is 0.765. The van der Waals surface area contributed by atoms with E-state index in [9.17, 15) is 14.7 Å². The maximum absolute atomic E-state index is 11.7. The number of hydrogen-bond acceptors (Lipinski definition) is 4. The molecule has 2 unspecified atom stereocenters. The fourth-order valence-corrected chi connectivity index (χ4v) is 1.80. The molecule has 0 spiro atoms. The molecule has 2 amide bonds. The van der Waals surface area contributed by atoms with Gasteiger partial charge in [0.05, 0.1) is 18.6 Å². The van der Waals surface area contributed by atoms with Gasteiger partial charge in [-0.2, -0.15) is 0 Å². The minimum Gasteiger partial charge on any atom is -0.444 e. The first-order valence-electron chi connectivity index (χ1n) is 6.10. The van der Waals surface area contributed by atoms with Gasteiger partial charge in [0.15, 0.2) is 0 Å². The van der Waals surface area contributed by atoms with E-state index in [1.54, 1.807) is 27.8 Å². The second-order valence-corrected chi connectivity index (χ2v) is 5.61. The van der Waals surface area contributed by atoms with Crippen molar-refractivity contribution in [3.63, 3.8) is 0 Å². The maximum atomic E-state index is 11.7. The van der Waals surface area contributed by atoms with E-state index >= 15 is 0 Å². The number of hydrogen-bond donors (Lipinski definition) is 2. The fourth-order valence-electron chi connectivity index (χ4n) is 1.80. The Kier molecular flexibility index (Phi) is 4.56. The van der Waals surface area contributed by atoms with E-state index in [1.165, 1.54) is 4.90 Å². The average Bonchev–Trinajstić information content (AvgIpc) is 2.61. The van der Waals surface area contributed by atoms with Crippen molar-refractivity contribution in [3.8, 4) is 0 Å². The lowest BCUT2D eigenvalue weighted by molar-refractivity contribution is -0.125. The number of nitrogens with zero attached hydrogens (tertiary/aromatic N) is 1. The minimum atomic E-state index is -0.856. The average molecular weight is 258 g/mol. The van der Waals surface area contributed by atoms with E-state index in [1.807, 2.05) is 0 Å². The Hall–Kier alpha value is -1.30. The monoisotopic (exact) mass is 258 g/mol. The second kappa shape index (κ2) is 5.56. The van der Waals surface area contributed by atoms with Crippen LogP contribution in [0.15, 0.2) is 0 Å². The summed E-state index contributed by atoms with van der Waals surface area (Å²) in [6, 6.07) is 0. The number of ether oxygens (including phenoxy) is 1. The highest BCUT2D eigenvalue weighted by molar-refractivity contribution is 5.81. The summed E-state index contributed by atoms with van der Waals surface area (Å²) in [6.45, 7) is 6.00. The molecule has 6 heteroatoms. The molecule has 1 aliphatic rings. The van der Waals surface area contributed by atoms with Gasteiger partial charge >= 0.3 is 6.09 Å². The van der Waals surface area contributed by atoms with Crippen molar-refractivity contribution in [2.75, 3.05) is 20.1 Å². The lowest BCUT2D eigenvalue weighted by Crippen LogP contribution is -2.42. The zero-order valence-corrected chi connectivity index (χ0v) is 11.4. The van der Waals surface area contributed by atoms with Gasteiger partial charge in [-0.15, -0.1) is 0 Å². The minimum absolute atomic E-state index is 0.0903. The van der Waals surface area contributed by atoms with Crippen molar-refractivity contribution in [1.82, 2.24) is 10.2 Å². The van der Waals surface area contributed by atoms with Gasteiger partial charge in [0, 0.05) is 13.6 Å². The number of amides is 2. The summed E-state index contributed by atoms with van der Waals surface area (Å²) in [5.74, 6) is -0.588. The molecular formula is C12H22N2O4. The number of rotatable bonds is 3. The van der Waals surface area contributed by atoms with Crippen LogP contribution in [-0.2, 0) is 9.53 Å². The van der Waals surface area contributed by atoms with Crippen LogP contribution in [0.3, 0.4) is 0 Å². The predicted molar refractivity (Wildman–Crippen MR) is 66.0 cm³/mol. The molecule has 2 N–H and O–H groups in total. The molecule has 18 heavy (non-hydrogen) atoms. The van der Waals surface area contributed by atoms with Gasteiger partial charge in [0.1, 0.15) is 5.60 Å². The molecule has 104 valence electrons. The summed E-state index contributed by atoms with van der Waals surface area (Å²) in [5.41, 5.74) is -0.568. The predicted octanol–water partition coefficient (Wildman–Crippen LogP) is 0.350. The van der Waals surface area contributed by atoms with Crippen LogP contribution >= 0.6 is 0 Å². The number of carbonyl (C=O) groups excluding carboxylic acids is 2. The Morgan fingerprint density at radius 2 is 2.22 bits per heavy atom. The van der Waals surface area contributed by atoms with Crippen molar-refractivity contribution in [1.29, 1.82) is 0 Å². The number of nitrogens with one attached hydrogen (secondary N) is 1. The third kappa shape index (κ3) is 4.18. The van der Waals surface area contributed by atoms with E-state index < -0.39 is 23.7 Å². The first kappa shape index (κ1) is 14.8. The highest BCUT2D eigenvalue weighted by atomic mass is 16.6. The lowest BCUT2D eigenvalue weighted by Gasteiger charge is -2.27. The summed E-state index contributed by atoms with van der Waals surface area (Å²) in [7, 11) is 1.55. The molecule has 6 nitrogen and oxygen atoms in total. The van der Waals surface area contributed by atoms with Crippen molar-refractivity contribution in [3.05, 3.63) is 0 Å². The van der Waals surface area contributed by atoms with Crippen LogP contribution in [0.5, 0.6) is 0 Å². The van der Waals surface area contributed by atoms with E-state index in [-0.39, 0.29) is 12.5 Å². The molecule has 0 saturated carbocycles.